The molecule has 0 aliphatic rings. The first-order chi connectivity index (χ1) is 12.2. The number of aromatic nitrogens is 1. The molecule has 0 unspecified atom stereocenters. The molecule has 2 rings (SSSR count). The maximum absolute atomic E-state index is 5.42. The number of ether oxygens (including phenoxy) is 1. The minimum atomic E-state index is 0. The van der Waals surface area contributed by atoms with Crippen molar-refractivity contribution >= 4 is 29.9 Å². The number of guanidine groups is 1. The highest BCUT2D eigenvalue weighted by atomic mass is 127. The fourth-order valence-electron chi connectivity index (χ4n) is 2.59. The number of rotatable bonds is 8. The molecule has 0 fully saturated rings. The molecule has 1 aromatic heterocycles. The normalized spacial score (nSPS) is 11.0. The van der Waals surface area contributed by atoms with E-state index in [2.05, 4.69) is 41.6 Å². The van der Waals surface area contributed by atoms with E-state index in [1.54, 1.807) is 7.11 Å². The van der Waals surface area contributed by atoms with Gasteiger partial charge in [0, 0.05) is 25.1 Å². The van der Waals surface area contributed by atoms with E-state index in [1.165, 1.54) is 0 Å². The number of nitrogens with zero attached hydrogens (tertiary/aromatic N) is 2. The van der Waals surface area contributed by atoms with Crippen molar-refractivity contribution in [2.45, 2.75) is 46.7 Å². The van der Waals surface area contributed by atoms with Crippen molar-refractivity contribution in [3.05, 3.63) is 46.8 Å². The Morgan fingerprint density at radius 3 is 2.65 bits per heavy atom. The van der Waals surface area contributed by atoms with E-state index in [-0.39, 0.29) is 24.0 Å². The van der Waals surface area contributed by atoms with Crippen LogP contribution < -0.4 is 15.4 Å². The average molecular weight is 472 g/mol. The van der Waals surface area contributed by atoms with E-state index in [9.17, 15) is 0 Å². The summed E-state index contributed by atoms with van der Waals surface area (Å²) in [5.41, 5.74) is 3.25. The molecular weight excluding hydrogens is 443 g/mol. The van der Waals surface area contributed by atoms with Crippen LogP contribution in [0.4, 0.5) is 0 Å². The molecule has 1 heterocycles. The minimum Gasteiger partial charge on any atom is -0.497 e. The van der Waals surface area contributed by atoms with E-state index in [0.717, 1.165) is 53.7 Å². The molecule has 0 aliphatic carbocycles. The first-order valence-corrected chi connectivity index (χ1v) is 8.83. The van der Waals surface area contributed by atoms with E-state index in [1.807, 2.05) is 24.3 Å². The molecule has 6 nitrogen and oxygen atoms in total. The third kappa shape index (κ3) is 6.19. The molecule has 0 bridgehead atoms. The summed E-state index contributed by atoms with van der Waals surface area (Å²) in [6.45, 7) is 8.25. The summed E-state index contributed by atoms with van der Waals surface area (Å²) in [4.78, 5) is 4.66. The molecule has 7 heteroatoms. The van der Waals surface area contributed by atoms with Gasteiger partial charge in [-0.1, -0.05) is 31.1 Å². The highest BCUT2D eigenvalue weighted by Gasteiger charge is 2.13. The van der Waals surface area contributed by atoms with Gasteiger partial charge in [-0.3, -0.25) is 0 Å². The van der Waals surface area contributed by atoms with Crippen molar-refractivity contribution in [2.75, 3.05) is 13.7 Å². The Kier molecular flexibility index (Phi) is 10.1. The molecule has 0 spiro atoms. The fourth-order valence-corrected chi connectivity index (χ4v) is 2.59. The molecule has 0 saturated heterocycles. The number of methoxy groups -OCH3 is 1. The molecule has 26 heavy (non-hydrogen) atoms. The highest BCUT2D eigenvalue weighted by molar-refractivity contribution is 14.0. The van der Waals surface area contributed by atoms with Gasteiger partial charge in [0.15, 0.2) is 5.96 Å². The first kappa shape index (κ1) is 22.3. The highest BCUT2D eigenvalue weighted by Crippen LogP contribution is 2.16. The monoisotopic (exact) mass is 472 g/mol. The van der Waals surface area contributed by atoms with Crippen LogP contribution in [0.1, 0.15) is 43.4 Å². The number of aliphatic imine (C=N–C) groups is 1. The van der Waals surface area contributed by atoms with Gasteiger partial charge in [-0.05, 0) is 31.0 Å². The van der Waals surface area contributed by atoms with Crippen LogP contribution in [-0.2, 0) is 25.9 Å². The van der Waals surface area contributed by atoms with E-state index < -0.39 is 0 Å². The smallest absolute Gasteiger partial charge is 0.191 e. The lowest BCUT2D eigenvalue weighted by atomic mass is 10.1. The summed E-state index contributed by atoms with van der Waals surface area (Å²) in [5.74, 6) is 2.55. The van der Waals surface area contributed by atoms with Gasteiger partial charge in [0.25, 0.3) is 0 Å². The van der Waals surface area contributed by atoms with Gasteiger partial charge in [0.05, 0.1) is 19.3 Å². The molecule has 0 amide bonds. The number of aryl methyl sites for hydroxylation is 2. The van der Waals surface area contributed by atoms with Crippen LogP contribution in [0.25, 0.3) is 0 Å². The first-order valence-electron chi connectivity index (χ1n) is 8.83. The average Bonchev–Trinajstić information content (AvgIpc) is 3.06. The number of nitrogens with one attached hydrogen (secondary N) is 2. The second-order valence-electron chi connectivity index (χ2n) is 5.64. The summed E-state index contributed by atoms with van der Waals surface area (Å²) < 4.78 is 10.7. The number of hydrogen-bond donors (Lipinski definition) is 2. The Morgan fingerprint density at radius 2 is 2.00 bits per heavy atom. The third-order valence-corrected chi connectivity index (χ3v) is 3.94. The Bertz CT molecular complexity index is 679. The van der Waals surface area contributed by atoms with Crippen molar-refractivity contribution in [1.82, 2.24) is 15.8 Å². The van der Waals surface area contributed by atoms with Gasteiger partial charge >= 0.3 is 0 Å². The Labute approximate surface area is 172 Å². The zero-order chi connectivity index (χ0) is 18.1. The zero-order valence-corrected chi connectivity index (χ0v) is 18.3. The standard InChI is InChI=1S/C19H28N4O2.HI/c1-5-17-16(18(6-2)25-23-17)13-22-19(20-7-3)21-12-14-9-8-10-15(11-14)24-4;/h8-11H,5-7,12-13H2,1-4H3,(H2,20,21,22);1H. The van der Waals surface area contributed by atoms with Crippen molar-refractivity contribution in [1.29, 1.82) is 0 Å². The largest absolute Gasteiger partial charge is 0.497 e. The van der Waals surface area contributed by atoms with Crippen molar-refractivity contribution in [3.8, 4) is 5.75 Å². The van der Waals surface area contributed by atoms with Gasteiger partial charge < -0.3 is 19.9 Å². The molecule has 0 aliphatic heterocycles. The number of benzene rings is 1. The molecule has 144 valence electrons. The van der Waals surface area contributed by atoms with Gasteiger partial charge in [-0.2, -0.15) is 0 Å². The molecule has 0 radical (unpaired) electrons. The summed E-state index contributed by atoms with van der Waals surface area (Å²) in [7, 11) is 1.67. The predicted octanol–water partition coefficient (Wildman–Crippen LogP) is 3.68. The van der Waals surface area contributed by atoms with Crippen LogP contribution in [0.3, 0.4) is 0 Å². The molecule has 2 aromatic rings. The van der Waals surface area contributed by atoms with Crippen LogP contribution in [0.2, 0.25) is 0 Å². The predicted molar refractivity (Wildman–Crippen MR) is 115 cm³/mol. The van der Waals surface area contributed by atoms with E-state index >= 15 is 0 Å². The second-order valence-corrected chi connectivity index (χ2v) is 5.64. The van der Waals surface area contributed by atoms with E-state index in [4.69, 9.17) is 9.26 Å². The van der Waals surface area contributed by atoms with Crippen LogP contribution in [0.5, 0.6) is 5.75 Å². The molecule has 1 aromatic carbocycles. The maximum Gasteiger partial charge on any atom is 0.191 e. The Hall–Kier alpha value is -1.77. The number of halogens is 1. The van der Waals surface area contributed by atoms with Gasteiger partial charge in [-0.15, -0.1) is 24.0 Å². The lowest BCUT2D eigenvalue weighted by Crippen LogP contribution is -2.37. The Morgan fingerprint density at radius 1 is 1.19 bits per heavy atom. The minimum absolute atomic E-state index is 0. The fraction of sp³-hybridized carbons (Fsp3) is 0.474. The van der Waals surface area contributed by atoms with E-state index in [0.29, 0.717) is 13.1 Å². The summed E-state index contributed by atoms with van der Waals surface area (Å²) >= 11 is 0. The number of hydrogen-bond acceptors (Lipinski definition) is 4. The molecule has 2 N–H and O–H groups in total. The van der Waals surface area contributed by atoms with Crippen LogP contribution in [0.15, 0.2) is 33.8 Å². The zero-order valence-electron chi connectivity index (χ0n) is 16.0. The topological polar surface area (TPSA) is 71.7 Å². The molecular formula is C19H29IN4O2. The molecule has 0 saturated carbocycles. The van der Waals surface area contributed by atoms with Crippen molar-refractivity contribution in [2.24, 2.45) is 4.99 Å². The lowest BCUT2D eigenvalue weighted by Gasteiger charge is -2.12. The van der Waals surface area contributed by atoms with Gasteiger partial charge in [-0.25, -0.2) is 4.99 Å². The van der Waals surface area contributed by atoms with Gasteiger partial charge in [0.2, 0.25) is 0 Å². The summed E-state index contributed by atoms with van der Waals surface area (Å²) in [6, 6.07) is 7.95. The van der Waals surface area contributed by atoms with Crippen molar-refractivity contribution in [3.63, 3.8) is 0 Å². The third-order valence-electron chi connectivity index (χ3n) is 3.94. The quantitative estimate of drug-likeness (QED) is 0.349. The second kappa shape index (κ2) is 11.8. The van der Waals surface area contributed by atoms with Crippen LogP contribution in [0, 0.1) is 0 Å². The molecule has 0 atom stereocenters. The maximum atomic E-state index is 5.42. The van der Waals surface area contributed by atoms with Crippen LogP contribution in [-0.4, -0.2) is 24.8 Å². The summed E-state index contributed by atoms with van der Waals surface area (Å²) in [6.07, 6.45) is 1.69. The van der Waals surface area contributed by atoms with Crippen LogP contribution >= 0.6 is 24.0 Å². The Balaban J connectivity index is 0.00000338. The lowest BCUT2D eigenvalue weighted by molar-refractivity contribution is 0.380. The SMILES string of the molecule is CCNC(=NCc1cccc(OC)c1)NCc1c(CC)noc1CC.I. The summed E-state index contributed by atoms with van der Waals surface area (Å²) in [5, 5.41) is 10.8. The van der Waals surface area contributed by atoms with Gasteiger partial charge in [0.1, 0.15) is 11.5 Å². The van der Waals surface area contributed by atoms with Crippen molar-refractivity contribution < 1.29 is 9.26 Å².